The number of carbonyl (C=O) groups is 3. The summed E-state index contributed by atoms with van der Waals surface area (Å²) in [5.41, 5.74) is 8.77. The number of aryl methyl sites for hydroxylation is 1. The van der Waals surface area contributed by atoms with Crippen molar-refractivity contribution in [1.29, 1.82) is 0 Å². The van der Waals surface area contributed by atoms with Crippen molar-refractivity contribution in [2.45, 2.75) is 71.3 Å². The van der Waals surface area contributed by atoms with Gasteiger partial charge in [-0.3, -0.25) is 9.59 Å². The van der Waals surface area contributed by atoms with Gasteiger partial charge in [0.1, 0.15) is 18.1 Å². The number of ether oxygens (including phenoxy) is 2. The summed E-state index contributed by atoms with van der Waals surface area (Å²) < 4.78 is 12.4. The van der Waals surface area contributed by atoms with E-state index in [2.05, 4.69) is 74.5 Å². The van der Waals surface area contributed by atoms with E-state index in [1.165, 1.54) is 17.5 Å². The molecule has 2 aromatic carbocycles. The van der Waals surface area contributed by atoms with Crippen LogP contribution in [0.2, 0.25) is 0 Å². The summed E-state index contributed by atoms with van der Waals surface area (Å²) >= 11 is 4.64. The first-order chi connectivity index (χ1) is 21.7. The summed E-state index contributed by atoms with van der Waals surface area (Å²) in [6, 6.07) is 14.1. The zero-order valence-electron chi connectivity index (χ0n) is 28.0. The van der Waals surface area contributed by atoms with E-state index in [0.29, 0.717) is 24.0 Å². The van der Waals surface area contributed by atoms with E-state index in [1.54, 1.807) is 13.2 Å². The van der Waals surface area contributed by atoms with Crippen LogP contribution in [0.3, 0.4) is 0 Å². The van der Waals surface area contributed by atoms with Gasteiger partial charge in [0, 0.05) is 44.0 Å². The molecule has 0 spiro atoms. The third-order valence-electron chi connectivity index (χ3n) is 9.49. The molecule has 2 N–H and O–H groups in total. The molecule has 1 aliphatic carbocycles. The van der Waals surface area contributed by atoms with Crippen LogP contribution in [0.1, 0.15) is 80.8 Å². The highest BCUT2D eigenvalue weighted by Crippen LogP contribution is 2.46. The molecule has 5 unspecified atom stereocenters. The number of amides is 1. The highest BCUT2D eigenvalue weighted by Gasteiger charge is 2.47. The van der Waals surface area contributed by atoms with E-state index in [0.717, 1.165) is 62.9 Å². The van der Waals surface area contributed by atoms with Gasteiger partial charge in [0.25, 0.3) is 0 Å². The largest absolute Gasteiger partial charge is 0.491 e. The van der Waals surface area contributed by atoms with Gasteiger partial charge in [-0.2, -0.15) is 0 Å². The highest BCUT2D eigenvalue weighted by molar-refractivity contribution is 6.15. The Balaban J connectivity index is 0.00000169. The van der Waals surface area contributed by atoms with Gasteiger partial charge < -0.3 is 24.9 Å². The Kier molecular flexibility index (Phi) is 15.8. The van der Waals surface area contributed by atoms with Gasteiger partial charge in [-0.25, -0.2) is 0 Å². The molecule has 0 bridgehead atoms. The van der Waals surface area contributed by atoms with Crippen molar-refractivity contribution in [1.82, 2.24) is 0 Å². The van der Waals surface area contributed by atoms with Crippen LogP contribution >= 0.6 is 11.6 Å². The van der Waals surface area contributed by atoms with Crippen LogP contribution < -0.4 is 15.4 Å². The topological polar surface area (TPSA) is 98.9 Å². The molecule has 0 saturated heterocycles. The Bertz CT molecular complexity index is 1250. The Morgan fingerprint density at radius 3 is 2.47 bits per heavy atom. The molecule has 1 heterocycles. The number of rotatable bonds is 13. The number of carbonyl (C=O) groups excluding carboxylic acids is 3. The molecule has 1 amide bonds. The monoisotopic (exact) mass is 640 g/mol. The average Bonchev–Trinajstić information content (AvgIpc) is 3.23. The second-order valence-corrected chi connectivity index (χ2v) is 12.4. The predicted octanol–water partition coefficient (Wildman–Crippen LogP) is 7.24. The summed E-state index contributed by atoms with van der Waals surface area (Å²) in [7, 11) is 1.65. The number of methoxy groups -OCH3 is 1. The maximum absolute atomic E-state index is 12.6. The summed E-state index contributed by atoms with van der Waals surface area (Å²) in [5, 5.41) is 0. The summed E-state index contributed by atoms with van der Waals surface area (Å²) in [5.74, 6) is 1.91. The summed E-state index contributed by atoms with van der Waals surface area (Å²) in [6.07, 6.45) is 11.6. The molecule has 2 aliphatic rings. The second-order valence-electron chi connectivity index (χ2n) is 12.4. The number of allylic oxidation sites excluding steroid dienone is 1. The molecule has 0 aromatic heterocycles. The number of nitrogens with zero attached hydrogens (tertiary/aromatic N) is 1. The zero-order chi connectivity index (χ0) is 33.6. The molecular weight excluding hydrogens is 588 g/mol. The minimum atomic E-state index is -0.938. The molecule has 0 radical (unpaired) electrons. The molecular formula is C37H53ClN2O5. The molecule has 2 aromatic rings. The van der Waals surface area contributed by atoms with Gasteiger partial charge in [-0.05, 0) is 78.8 Å². The number of alkyl halides is 1. The fraction of sp³-hybridized carbons (Fsp3) is 0.541. The Morgan fingerprint density at radius 1 is 1.18 bits per heavy atom. The first-order valence-corrected chi connectivity index (χ1v) is 16.7. The van der Waals surface area contributed by atoms with Gasteiger partial charge in [0.15, 0.2) is 6.29 Å². The molecule has 248 valence electrons. The van der Waals surface area contributed by atoms with E-state index in [-0.39, 0.29) is 17.8 Å². The fourth-order valence-electron chi connectivity index (χ4n) is 6.36. The number of hydrogen-bond acceptors (Lipinski definition) is 6. The molecule has 1 fully saturated rings. The van der Waals surface area contributed by atoms with Crippen LogP contribution in [-0.4, -0.2) is 57.8 Å². The van der Waals surface area contributed by atoms with Crippen LogP contribution in [0.5, 0.6) is 5.75 Å². The van der Waals surface area contributed by atoms with Crippen LogP contribution in [-0.2, 0) is 20.7 Å². The third kappa shape index (κ3) is 9.43. The van der Waals surface area contributed by atoms with Crippen LogP contribution in [0.15, 0.2) is 54.6 Å². The van der Waals surface area contributed by atoms with Crippen molar-refractivity contribution < 1.29 is 23.9 Å². The van der Waals surface area contributed by atoms with Crippen LogP contribution in [0.4, 0.5) is 5.69 Å². The molecule has 1 saturated carbocycles. The van der Waals surface area contributed by atoms with Gasteiger partial charge in [-0.1, -0.05) is 64.5 Å². The lowest BCUT2D eigenvalue weighted by molar-refractivity contribution is -0.135. The highest BCUT2D eigenvalue weighted by atomic mass is 35.5. The zero-order valence-corrected chi connectivity index (χ0v) is 28.7. The molecule has 45 heavy (non-hydrogen) atoms. The first kappa shape index (κ1) is 38.0. The van der Waals surface area contributed by atoms with Gasteiger partial charge in [0.2, 0.25) is 5.91 Å². The summed E-state index contributed by atoms with van der Waals surface area (Å²) in [6.45, 7) is 12.9. The number of primary amides is 1. The van der Waals surface area contributed by atoms with Crippen molar-refractivity contribution in [3.8, 4) is 5.75 Å². The van der Waals surface area contributed by atoms with Crippen molar-refractivity contribution in [2.24, 2.45) is 29.4 Å². The van der Waals surface area contributed by atoms with E-state index < -0.39 is 11.5 Å². The van der Waals surface area contributed by atoms with E-state index in [1.807, 2.05) is 25.0 Å². The number of benzene rings is 2. The Morgan fingerprint density at radius 2 is 1.89 bits per heavy atom. The van der Waals surface area contributed by atoms with Crippen molar-refractivity contribution in [2.75, 3.05) is 38.1 Å². The number of fused-ring (bicyclic) bond motifs is 1. The van der Waals surface area contributed by atoms with E-state index in [9.17, 15) is 9.59 Å². The quantitative estimate of drug-likeness (QED) is 0.141. The lowest BCUT2D eigenvalue weighted by Gasteiger charge is -2.47. The SMILES string of the molecule is C=O.CCCc1ccccc1C1COc2ccc(C(N)=O)cc2N(CC2CCC2C(C=O)(/C=C/CC(C)C(C)C)OC)C1.CCl. The van der Waals surface area contributed by atoms with Gasteiger partial charge in [0.05, 0.1) is 12.3 Å². The van der Waals surface area contributed by atoms with E-state index in [4.69, 9.17) is 20.0 Å². The third-order valence-corrected chi connectivity index (χ3v) is 9.49. The molecule has 4 rings (SSSR count). The van der Waals surface area contributed by atoms with Crippen molar-refractivity contribution in [3.05, 3.63) is 71.3 Å². The molecule has 7 nitrogen and oxygen atoms in total. The van der Waals surface area contributed by atoms with Gasteiger partial charge in [-0.15, -0.1) is 11.6 Å². The van der Waals surface area contributed by atoms with Gasteiger partial charge >= 0.3 is 0 Å². The van der Waals surface area contributed by atoms with Crippen molar-refractivity contribution >= 4 is 36.3 Å². The predicted molar refractivity (Wildman–Crippen MR) is 185 cm³/mol. The normalized spacial score (nSPS) is 21.0. The van der Waals surface area contributed by atoms with Crippen LogP contribution in [0, 0.1) is 23.7 Å². The number of anilines is 1. The van der Waals surface area contributed by atoms with Crippen LogP contribution in [0.25, 0.3) is 0 Å². The molecule has 1 aliphatic heterocycles. The molecule has 5 atom stereocenters. The minimum absolute atomic E-state index is 0.0772. The maximum Gasteiger partial charge on any atom is 0.248 e. The summed E-state index contributed by atoms with van der Waals surface area (Å²) in [4.78, 5) is 35.1. The fourth-order valence-corrected chi connectivity index (χ4v) is 6.36. The number of nitrogens with two attached hydrogens (primary N) is 1. The second kappa shape index (κ2) is 18.7. The molecule has 8 heteroatoms. The average molecular weight is 641 g/mol. The van der Waals surface area contributed by atoms with E-state index >= 15 is 0 Å². The maximum atomic E-state index is 12.6. The number of halogens is 1. The number of hydrogen-bond donors (Lipinski definition) is 1. The van der Waals surface area contributed by atoms with Crippen molar-refractivity contribution in [3.63, 3.8) is 0 Å². The lowest BCUT2D eigenvalue weighted by atomic mass is 9.64. The standard InChI is InChI=1S/C35H48N2O4.CH3Cl.CH2O/c1-6-10-26-12-7-8-13-30(26)29-21-37(32-19-27(34(36)39)15-17-33(32)41-22-29)20-28-14-16-31(28)35(23-38,40-5)18-9-11-25(4)24(2)3;2*1-2/h7-9,12-13,15,17-19,23-25,28-29,31H,6,10-11,14,16,20-22H2,1-5H3,(H2,36,39);1H3;1H2/b18-9+;;. The first-order valence-electron chi connectivity index (χ1n) is 16.0. The Hall–Kier alpha value is -3.16. The number of aldehydes is 1. The lowest BCUT2D eigenvalue weighted by Crippen LogP contribution is -2.52. The Labute approximate surface area is 275 Å². The minimum Gasteiger partial charge on any atom is -0.491 e. The smallest absolute Gasteiger partial charge is 0.248 e.